The lowest BCUT2D eigenvalue weighted by Crippen LogP contribution is -2.58. The van der Waals surface area contributed by atoms with Crippen LogP contribution in [-0.4, -0.2) is 36.0 Å². The number of ether oxygens (including phenoxy) is 1. The van der Waals surface area contributed by atoms with Crippen LogP contribution in [-0.2, 0) is 4.74 Å². The van der Waals surface area contributed by atoms with E-state index >= 15 is 0 Å². The van der Waals surface area contributed by atoms with Crippen molar-refractivity contribution in [2.24, 2.45) is 5.92 Å². The second kappa shape index (κ2) is 5.68. The lowest BCUT2D eigenvalue weighted by molar-refractivity contribution is -0.0672. The third kappa shape index (κ3) is 3.21. The van der Waals surface area contributed by atoms with Crippen molar-refractivity contribution in [3.05, 3.63) is 0 Å². The summed E-state index contributed by atoms with van der Waals surface area (Å²) >= 11 is 0. The highest BCUT2D eigenvalue weighted by Gasteiger charge is 2.39. The Morgan fingerprint density at radius 3 is 2.65 bits per heavy atom. The van der Waals surface area contributed by atoms with Crippen molar-refractivity contribution in [3.8, 4) is 0 Å². The number of nitrogens with one attached hydrogen (secondary N) is 1. The van der Waals surface area contributed by atoms with Gasteiger partial charge in [0.1, 0.15) is 0 Å². The first-order chi connectivity index (χ1) is 8.15. The zero-order valence-corrected chi connectivity index (χ0v) is 11.2. The molecule has 2 aliphatic rings. The van der Waals surface area contributed by atoms with Crippen LogP contribution in [0, 0.1) is 5.92 Å². The Hall–Kier alpha value is -0.120. The largest absolute Gasteiger partial charge is 0.394 e. The first kappa shape index (κ1) is 13.3. The average molecular weight is 241 g/mol. The molecule has 2 rings (SSSR count). The van der Waals surface area contributed by atoms with Crippen LogP contribution in [0.3, 0.4) is 0 Å². The molecule has 2 fully saturated rings. The minimum absolute atomic E-state index is 0.0812. The smallest absolute Gasteiger partial charge is 0.0616 e. The normalized spacial score (nSPS) is 35.6. The van der Waals surface area contributed by atoms with Crippen molar-refractivity contribution in [1.29, 1.82) is 0 Å². The SMILES string of the molecule is CC(C)C1CC(CO)(NC2CCCC2)CCO1. The van der Waals surface area contributed by atoms with E-state index in [2.05, 4.69) is 19.2 Å². The van der Waals surface area contributed by atoms with Gasteiger partial charge in [0.25, 0.3) is 0 Å². The molecular weight excluding hydrogens is 214 g/mol. The summed E-state index contributed by atoms with van der Waals surface area (Å²) in [5, 5.41) is 13.5. The van der Waals surface area contributed by atoms with Gasteiger partial charge >= 0.3 is 0 Å². The van der Waals surface area contributed by atoms with Crippen LogP contribution in [0.5, 0.6) is 0 Å². The minimum Gasteiger partial charge on any atom is -0.394 e. The van der Waals surface area contributed by atoms with Gasteiger partial charge in [0.2, 0.25) is 0 Å². The zero-order chi connectivity index (χ0) is 12.3. The minimum atomic E-state index is -0.0812. The zero-order valence-electron chi connectivity index (χ0n) is 11.2. The highest BCUT2D eigenvalue weighted by molar-refractivity contribution is 4.96. The molecule has 2 N–H and O–H groups in total. The summed E-state index contributed by atoms with van der Waals surface area (Å²) < 4.78 is 5.81. The van der Waals surface area contributed by atoms with Crippen LogP contribution in [0.2, 0.25) is 0 Å². The lowest BCUT2D eigenvalue weighted by Gasteiger charge is -2.43. The molecule has 1 aliphatic carbocycles. The van der Waals surface area contributed by atoms with Gasteiger partial charge in [0.05, 0.1) is 12.7 Å². The topological polar surface area (TPSA) is 41.5 Å². The Morgan fingerprint density at radius 2 is 2.06 bits per heavy atom. The Kier molecular flexibility index (Phi) is 4.45. The number of rotatable bonds is 4. The maximum Gasteiger partial charge on any atom is 0.0616 e. The van der Waals surface area contributed by atoms with Crippen LogP contribution >= 0.6 is 0 Å². The van der Waals surface area contributed by atoms with Crippen molar-refractivity contribution in [3.63, 3.8) is 0 Å². The van der Waals surface area contributed by atoms with E-state index in [0.717, 1.165) is 19.4 Å². The Balaban J connectivity index is 1.96. The maximum atomic E-state index is 9.78. The van der Waals surface area contributed by atoms with Crippen molar-refractivity contribution in [1.82, 2.24) is 5.32 Å². The van der Waals surface area contributed by atoms with E-state index in [4.69, 9.17) is 4.74 Å². The van der Waals surface area contributed by atoms with Gasteiger partial charge in [-0.05, 0) is 31.6 Å². The molecule has 0 aromatic carbocycles. The molecule has 0 amide bonds. The monoisotopic (exact) mass is 241 g/mol. The molecule has 3 nitrogen and oxygen atoms in total. The summed E-state index contributed by atoms with van der Waals surface area (Å²) in [6, 6.07) is 0.619. The molecule has 0 radical (unpaired) electrons. The van der Waals surface area contributed by atoms with Gasteiger partial charge in [-0.1, -0.05) is 26.7 Å². The Morgan fingerprint density at radius 1 is 1.35 bits per heavy atom. The summed E-state index contributed by atoms with van der Waals surface area (Å²) in [7, 11) is 0. The van der Waals surface area contributed by atoms with E-state index in [-0.39, 0.29) is 12.1 Å². The van der Waals surface area contributed by atoms with Crippen molar-refractivity contribution < 1.29 is 9.84 Å². The molecule has 0 spiro atoms. The summed E-state index contributed by atoms with van der Waals surface area (Å²) in [6.45, 7) is 5.43. The van der Waals surface area contributed by atoms with Crippen LogP contribution < -0.4 is 5.32 Å². The predicted octanol–water partition coefficient (Wildman–Crippen LogP) is 2.08. The fourth-order valence-electron chi connectivity index (χ4n) is 3.20. The van der Waals surface area contributed by atoms with E-state index in [1.807, 2.05) is 0 Å². The molecule has 0 aromatic rings. The number of hydrogen-bond acceptors (Lipinski definition) is 3. The quantitative estimate of drug-likeness (QED) is 0.792. The third-order valence-electron chi connectivity index (χ3n) is 4.42. The van der Waals surface area contributed by atoms with E-state index in [1.54, 1.807) is 0 Å². The summed E-state index contributed by atoms with van der Waals surface area (Å²) in [6.07, 6.45) is 7.42. The summed E-state index contributed by atoms with van der Waals surface area (Å²) in [5.74, 6) is 0.534. The van der Waals surface area contributed by atoms with Crippen LogP contribution in [0.15, 0.2) is 0 Å². The molecule has 100 valence electrons. The number of aliphatic hydroxyl groups excluding tert-OH is 1. The molecule has 1 heterocycles. The first-order valence-corrected chi connectivity index (χ1v) is 7.15. The molecule has 0 bridgehead atoms. The fourth-order valence-corrected chi connectivity index (χ4v) is 3.20. The highest BCUT2D eigenvalue weighted by Crippen LogP contribution is 2.31. The summed E-state index contributed by atoms with van der Waals surface area (Å²) in [5.41, 5.74) is -0.0812. The van der Waals surface area contributed by atoms with Gasteiger partial charge in [0.15, 0.2) is 0 Å². The van der Waals surface area contributed by atoms with Gasteiger partial charge in [-0.2, -0.15) is 0 Å². The first-order valence-electron chi connectivity index (χ1n) is 7.15. The van der Waals surface area contributed by atoms with Crippen LogP contribution in [0.4, 0.5) is 0 Å². The molecule has 1 saturated heterocycles. The standard InChI is InChI=1S/C14H27NO2/c1-11(2)13-9-14(10-16,7-8-17-13)15-12-5-3-4-6-12/h11-13,15-16H,3-10H2,1-2H3. The maximum absolute atomic E-state index is 9.78. The van der Waals surface area contributed by atoms with Crippen molar-refractivity contribution >= 4 is 0 Å². The molecule has 2 atom stereocenters. The van der Waals surface area contributed by atoms with E-state index in [1.165, 1.54) is 25.7 Å². The highest BCUT2D eigenvalue weighted by atomic mass is 16.5. The molecule has 0 aromatic heterocycles. The van der Waals surface area contributed by atoms with E-state index in [0.29, 0.717) is 18.1 Å². The average Bonchev–Trinajstić information content (AvgIpc) is 2.82. The molecule has 17 heavy (non-hydrogen) atoms. The van der Waals surface area contributed by atoms with Gasteiger partial charge in [0, 0.05) is 18.2 Å². The van der Waals surface area contributed by atoms with Crippen molar-refractivity contribution in [2.75, 3.05) is 13.2 Å². The molecule has 1 saturated carbocycles. The van der Waals surface area contributed by atoms with Crippen molar-refractivity contribution in [2.45, 2.75) is 70.1 Å². The van der Waals surface area contributed by atoms with Gasteiger partial charge in [-0.25, -0.2) is 0 Å². The third-order valence-corrected chi connectivity index (χ3v) is 4.42. The van der Waals surface area contributed by atoms with Gasteiger partial charge in [-0.3, -0.25) is 0 Å². The second-order valence-electron chi connectivity index (χ2n) is 6.17. The van der Waals surface area contributed by atoms with E-state index in [9.17, 15) is 5.11 Å². The van der Waals surface area contributed by atoms with Gasteiger partial charge < -0.3 is 15.2 Å². The van der Waals surface area contributed by atoms with Crippen LogP contribution in [0.1, 0.15) is 52.4 Å². The molecule has 1 aliphatic heterocycles. The summed E-state index contributed by atoms with van der Waals surface area (Å²) in [4.78, 5) is 0. The van der Waals surface area contributed by atoms with E-state index < -0.39 is 0 Å². The number of hydrogen-bond donors (Lipinski definition) is 2. The Bertz CT molecular complexity index is 234. The molecular formula is C14H27NO2. The Labute approximate surface area is 105 Å². The second-order valence-corrected chi connectivity index (χ2v) is 6.17. The van der Waals surface area contributed by atoms with Crippen LogP contribution in [0.25, 0.3) is 0 Å². The lowest BCUT2D eigenvalue weighted by atomic mass is 9.83. The number of aliphatic hydroxyl groups is 1. The molecule has 2 unspecified atom stereocenters. The fraction of sp³-hybridized carbons (Fsp3) is 1.00. The molecule has 3 heteroatoms. The van der Waals surface area contributed by atoms with Gasteiger partial charge in [-0.15, -0.1) is 0 Å². The predicted molar refractivity (Wildman–Crippen MR) is 69.0 cm³/mol.